The molecule has 0 fully saturated rings. The number of hydrogen-bond donors (Lipinski definition) is 0. The van der Waals surface area contributed by atoms with Gasteiger partial charge in [-0.15, -0.1) is 22.7 Å². The zero-order valence-electron chi connectivity index (χ0n) is 24.7. The van der Waals surface area contributed by atoms with E-state index >= 15 is 0 Å². The lowest BCUT2D eigenvalue weighted by Crippen LogP contribution is -2.00. The van der Waals surface area contributed by atoms with Gasteiger partial charge in [0, 0.05) is 57.0 Å². The average molecular weight is 639 g/mol. The highest BCUT2D eigenvalue weighted by atomic mass is 32.1. The molecule has 0 unspecified atom stereocenters. The summed E-state index contributed by atoms with van der Waals surface area (Å²) in [5.41, 5.74) is 5.51. The fourth-order valence-corrected chi connectivity index (χ4v) is 8.85. The van der Waals surface area contributed by atoms with Crippen LogP contribution in [-0.4, -0.2) is 19.9 Å². The molecule has 0 atom stereocenters. The lowest BCUT2D eigenvalue weighted by molar-refractivity contribution is 0.621. The van der Waals surface area contributed by atoms with Crippen LogP contribution >= 0.6 is 22.7 Å². The summed E-state index contributed by atoms with van der Waals surface area (Å²) >= 11 is 3.53. The van der Waals surface area contributed by atoms with E-state index in [4.69, 9.17) is 24.4 Å². The van der Waals surface area contributed by atoms with Crippen molar-refractivity contribution >= 4 is 74.1 Å². The average Bonchev–Trinajstić information content (AvgIpc) is 3.85. The first-order valence-electron chi connectivity index (χ1n) is 15.3. The van der Waals surface area contributed by atoms with Gasteiger partial charge in [0.1, 0.15) is 5.52 Å². The predicted octanol–water partition coefficient (Wildman–Crippen LogP) is 11.4. The van der Waals surface area contributed by atoms with Crippen LogP contribution in [0.1, 0.15) is 0 Å². The van der Waals surface area contributed by atoms with Crippen molar-refractivity contribution in [1.29, 1.82) is 0 Å². The number of hydrogen-bond acceptors (Lipinski definition) is 7. The maximum Gasteiger partial charge on any atom is 0.228 e. The lowest BCUT2D eigenvalue weighted by atomic mass is 10.0. The summed E-state index contributed by atoms with van der Waals surface area (Å²) < 4.78 is 11.0. The van der Waals surface area contributed by atoms with E-state index in [1.165, 1.54) is 20.2 Å². The molecule has 0 aliphatic rings. The summed E-state index contributed by atoms with van der Waals surface area (Å²) in [6.45, 7) is 0. The highest BCUT2D eigenvalue weighted by molar-refractivity contribution is 7.26. The minimum atomic E-state index is 0.620. The van der Waals surface area contributed by atoms with Crippen molar-refractivity contribution in [3.63, 3.8) is 0 Å². The van der Waals surface area contributed by atoms with E-state index in [9.17, 15) is 0 Å². The molecule has 0 saturated carbocycles. The third-order valence-electron chi connectivity index (χ3n) is 8.60. The number of thiophene rings is 2. The second kappa shape index (κ2) is 10.4. The molecule has 0 N–H and O–H groups in total. The Hall–Kier alpha value is -5.76. The first-order valence-corrected chi connectivity index (χ1v) is 16.9. The molecule has 220 valence electrons. The summed E-state index contributed by atoms with van der Waals surface area (Å²) in [6, 6.07) is 45.7. The molecule has 0 aliphatic carbocycles. The van der Waals surface area contributed by atoms with Crippen molar-refractivity contribution in [3.8, 4) is 45.6 Å². The monoisotopic (exact) mass is 638 g/mol. The summed E-state index contributed by atoms with van der Waals surface area (Å²) in [5.74, 6) is 2.57. The van der Waals surface area contributed by atoms with E-state index in [2.05, 4.69) is 91.0 Å². The highest BCUT2D eigenvalue weighted by Gasteiger charge is 2.21. The van der Waals surface area contributed by atoms with Gasteiger partial charge in [-0.05, 0) is 36.4 Å². The van der Waals surface area contributed by atoms with E-state index in [1.54, 1.807) is 22.7 Å². The fourth-order valence-electron chi connectivity index (χ4n) is 6.48. The Morgan fingerprint density at radius 3 is 1.83 bits per heavy atom. The molecule has 7 heteroatoms. The normalized spacial score (nSPS) is 11.8. The SMILES string of the molecule is c1ccc(-c2nc(-c3cccc4sc5ccccc5c34)nc(-c3cccc4sc5c(-c6nc7ccccc7o6)cccc5c34)n2)cc1. The molecule has 0 bridgehead atoms. The maximum atomic E-state index is 6.22. The summed E-state index contributed by atoms with van der Waals surface area (Å²) in [5, 5.41) is 4.62. The zero-order chi connectivity index (χ0) is 30.9. The van der Waals surface area contributed by atoms with E-state index in [0.717, 1.165) is 53.5 Å². The molecule has 0 aliphatic heterocycles. The van der Waals surface area contributed by atoms with Crippen LogP contribution in [0.3, 0.4) is 0 Å². The Morgan fingerprint density at radius 2 is 1.02 bits per heavy atom. The van der Waals surface area contributed by atoms with Crippen LogP contribution in [0.25, 0.3) is 97.1 Å². The van der Waals surface area contributed by atoms with Gasteiger partial charge < -0.3 is 4.42 Å². The Bertz CT molecular complexity index is 2780. The van der Waals surface area contributed by atoms with Crippen molar-refractivity contribution in [2.75, 3.05) is 0 Å². The number of benzene rings is 6. The molecule has 47 heavy (non-hydrogen) atoms. The van der Waals surface area contributed by atoms with Crippen LogP contribution in [0.5, 0.6) is 0 Å². The van der Waals surface area contributed by atoms with Gasteiger partial charge in [-0.1, -0.05) is 97.1 Å². The molecule has 6 aromatic carbocycles. The van der Waals surface area contributed by atoms with Crippen LogP contribution < -0.4 is 0 Å². The highest BCUT2D eigenvalue weighted by Crippen LogP contribution is 2.44. The van der Waals surface area contributed by atoms with Crippen LogP contribution in [-0.2, 0) is 0 Å². The van der Waals surface area contributed by atoms with E-state index in [-0.39, 0.29) is 0 Å². The molecule has 10 rings (SSSR count). The van der Waals surface area contributed by atoms with Gasteiger partial charge in [0.25, 0.3) is 0 Å². The molecule has 0 radical (unpaired) electrons. The maximum absolute atomic E-state index is 6.22. The second-order valence-corrected chi connectivity index (χ2v) is 13.5. The quantitative estimate of drug-likeness (QED) is 0.192. The van der Waals surface area contributed by atoms with Crippen LogP contribution in [0.2, 0.25) is 0 Å². The lowest BCUT2D eigenvalue weighted by Gasteiger charge is -2.10. The topological polar surface area (TPSA) is 64.7 Å². The van der Waals surface area contributed by atoms with Gasteiger partial charge in [-0.2, -0.15) is 0 Å². The van der Waals surface area contributed by atoms with Crippen molar-refractivity contribution in [1.82, 2.24) is 19.9 Å². The third-order valence-corrected chi connectivity index (χ3v) is 10.9. The first kappa shape index (κ1) is 26.5. The van der Waals surface area contributed by atoms with Crippen LogP contribution in [0.15, 0.2) is 138 Å². The van der Waals surface area contributed by atoms with E-state index < -0.39 is 0 Å². The van der Waals surface area contributed by atoms with Gasteiger partial charge in [-0.3, -0.25) is 0 Å². The number of fused-ring (bicyclic) bond motifs is 7. The third kappa shape index (κ3) is 4.21. The summed E-state index contributed by atoms with van der Waals surface area (Å²) in [4.78, 5) is 20.3. The largest absolute Gasteiger partial charge is 0.436 e. The smallest absolute Gasteiger partial charge is 0.228 e. The molecular formula is C40H22N4OS2. The molecule has 0 amide bonds. The number of aromatic nitrogens is 4. The number of rotatable bonds is 4. The molecule has 5 nitrogen and oxygen atoms in total. The Morgan fingerprint density at radius 1 is 0.426 bits per heavy atom. The van der Waals surface area contributed by atoms with Gasteiger partial charge >= 0.3 is 0 Å². The zero-order valence-corrected chi connectivity index (χ0v) is 26.3. The Balaban J connectivity index is 1.23. The molecule has 4 aromatic heterocycles. The molecule has 10 aromatic rings. The number of oxazole rings is 1. The van der Waals surface area contributed by atoms with Crippen molar-refractivity contribution in [3.05, 3.63) is 133 Å². The van der Waals surface area contributed by atoms with Gasteiger partial charge in [0.15, 0.2) is 23.1 Å². The van der Waals surface area contributed by atoms with Gasteiger partial charge in [-0.25, -0.2) is 19.9 Å². The minimum absolute atomic E-state index is 0.620. The molecule has 4 heterocycles. The second-order valence-electron chi connectivity index (χ2n) is 11.4. The first-order chi connectivity index (χ1) is 23.3. The standard InChI is InChI=1S/C40H22N4OS2/c1-2-11-23(12-3-1)37-42-38(26-15-9-21-32-34(26)24-13-4-7-20-31(24)46-32)44-39(43-37)27-16-10-22-33-35(27)25-14-8-17-28(36(25)47-33)40-41-29-18-5-6-19-30(29)45-40/h1-22H. The summed E-state index contributed by atoms with van der Waals surface area (Å²) in [6.07, 6.45) is 0. The predicted molar refractivity (Wildman–Crippen MR) is 195 cm³/mol. The molecular weight excluding hydrogens is 617 g/mol. The van der Waals surface area contributed by atoms with Crippen LogP contribution in [0, 0.1) is 0 Å². The Labute approximate surface area is 276 Å². The minimum Gasteiger partial charge on any atom is -0.436 e. The van der Waals surface area contributed by atoms with E-state index in [0.29, 0.717) is 23.4 Å². The van der Waals surface area contributed by atoms with Crippen molar-refractivity contribution in [2.45, 2.75) is 0 Å². The van der Waals surface area contributed by atoms with Crippen molar-refractivity contribution in [2.24, 2.45) is 0 Å². The summed E-state index contributed by atoms with van der Waals surface area (Å²) in [7, 11) is 0. The fraction of sp³-hybridized carbons (Fsp3) is 0. The molecule has 0 spiro atoms. The van der Waals surface area contributed by atoms with E-state index in [1.807, 2.05) is 42.5 Å². The molecule has 0 saturated heterocycles. The van der Waals surface area contributed by atoms with Crippen LogP contribution in [0.4, 0.5) is 0 Å². The van der Waals surface area contributed by atoms with Crippen molar-refractivity contribution < 1.29 is 4.42 Å². The Kier molecular flexibility index (Phi) is 5.85. The van der Waals surface area contributed by atoms with Gasteiger partial charge in [0.2, 0.25) is 5.89 Å². The van der Waals surface area contributed by atoms with Gasteiger partial charge in [0.05, 0.1) is 5.56 Å². The number of nitrogens with zero attached hydrogens (tertiary/aromatic N) is 4. The number of para-hydroxylation sites is 2.